The van der Waals surface area contributed by atoms with E-state index in [0.29, 0.717) is 6.41 Å². The zero-order valence-corrected chi connectivity index (χ0v) is 9.16. The third-order valence-electron chi connectivity index (χ3n) is 1.85. The lowest BCUT2D eigenvalue weighted by atomic mass is 10.1. The summed E-state index contributed by atoms with van der Waals surface area (Å²) in [6.07, 6.45) is 4.36. The number of pyridine rings is 1. The van der Waals surface area contributed by atoms with Crippen molar-refractivity contribution in [1.29, 1.82) is 0 Å². The van der Waals surface area contributed by atoms with Gasteiger partial charge in [0.25, 0.3) is 0 Å². The van der Waals surface area contributed by atoms with Gasteiger partial charge in [0.1, 0.15) is 5.82 Å². The van der Waals surface area contributed by atoms with E-state index >= 15 is 0 Å². The third kappa shape index (κ3) is 3.09. The number of nitrogens with one attached hydrogen (secondary N) is 2. The lowest BCUT2D eigenvalue weighted by Gasteiger charge is -2.07. The summed E-state index contributed by atoms with van der Waals surface area (Å²) in [7, 11) is 1.79. The highest BCUT2D eigenvalue weighted by atomic mass is 16.1. The van der Waals surface area contributed by atoms with Crippen molar-refractivity contribution in [1.82, 2.24) is 4.98 Å². The third-order valence-corrected chi connectivity index (χ3v) is 1.85. The van der Waals surface area contributed by atoms with Crippen molar-refractivity contribution in [2.45, 2.75) is 13.8 Å². The molecule has 0 unspecified atom stereocenters. The first-order chi connectivity index (χ1) is 7.17. The zero-order valence-electron chi connectivity index (χ0n) is 9.16. The van der Waals surface area contributed by atoms with E-state index in [1.54, 1.807) is 19.3 Å². The molecule has 1 rings (SSSR count). The minimum Gasteiger partial charge on any atom is -0.373 e. The number of rotatable bonds is 4. The van der Waals surface area contributed by atoms with Crippen molar-refractivity contribution >= 4 is 24.0 Å². The maximum atomic E-state index is 10.4. The molecule has 0 saturated carbocycles. The number of hydrogen-bond donors (Lipinski definition) is 2. The van der Waals surface area contributed by atoms with E-state index in [0.717, 1.165) is 22.6 Å². The van der Waals surface area contributed by atoms with E-state index in [2.05, 4.69) is 15.6 Å². The number of amides is 1. The number of hydrogen-bond acceptors (Lipinski definition) is 3. The van der Waals surface area contributed by atoms with Crippen LogP contribution in [0.25, 0.3) is 6.08 Å². The second kappa shape index (κ2) is 5.14. The molecule has 0 saturated heterocycles. The molecule has 1 amide bonds. The van der Waals surface area contributed by atoms with Crippen LogP contribution >= 0.6 is 0 Å². The van der Waals surface area contributed by atoms with Gasteiger partial charge in [-0.05, 0) is 13.8 Å². The van der Waals surface area contributed by atoms with E-state index in [-0.39, 0.29) is 0 Å². The molecule has 4 heteroatoms. The number of nitrogens with zero attached hydrogens (tertiary/aromatic N) is 1. The Morgan fingerprint density at radius 1 is 1.47 bits per heavy atom. The first kappa shape index (κ1) is 11.2. The first-order valence-electron chi connectivity index (χ1n) is 4.70. The quantitative estimate of drug-likeness (QED) is 0.740. The van der Waals surface area contributed by atoms with E-state index in [9.17, 15) is 4.79 Å². The van der Waals surface area contributed by atoms with Crippen molar-refractivity contribution in [3.8, 4) is 0 Å². The molecule has 0 aromatic carbocycles. The Balaban J connectivity index is 3.14. The fraction of sp³-hybridized carbons (Fsp3) is 0.273. The molecule has 0 aliphatic carbocycles. The monoisotopic (exact) mass is 205 g/mol. The molecule has 0 atom stereocenters. The number of carbonyl (C=O) groups excluding carboxylic acids is 1. The van der Waals surface area contributed by atoms with Crippen LogP contribution in [0.1, 0.15) is 19.4 Å². The van der Waals surface area contributed by atoms with Gasteiger partial charge in [0.2, 0.25) is 6.41 Å². The Labute approximate surface area is 89.4 Å². The molecule has 0 bridgehead atoms. The highest BCUT2D eigenvalue weighted by molar-refractivity contribution is 5.80. The van der Waals surface area contributed by atoms with Crippen LogP contribution in [0.15, 0.2) is 17.8 Å². The summed E-state index contributed by atoms with van der Waals surface area (Å²) in [6.45, 7) is 3.99. The van der Waals surface area contributed by atoms with E-state index in [1.807, 2.05) is 19.9 Å². The summed E-state index contributed by atoms with van der Waals surface area (Å²) in [4.78, 5) is 14.6. The molecule has 1 aromatic rings. The van der Waals surface area contributed by atoms with E-state index < -0.39 is 0 Å². The van der Waals surface area contributed by atoms with Crippen molar-refractivity contribution in [3.05, 3.63) is 23.4 Å². The Bertz CT molecular complexity index is 381. The molecular formula is C11H15N3O. The standard InChI is InChI=1S/C11H15N3O/c1-8(2)4-9-6-13-11(12-3)5-10(9)14-7-15/h4-7H,1-3H3,(H2,12,13,14,15). The largest absolute Gasteiger partial charge is 0.373 e. The molecule has 0 aliphatic heterocycles. The van der Waals surface area contributed by atoms with E-state index in [1.165, 1.54) is 0 Å². The summed E-state index contributed by atoms with van der Waals surface area (Å²) >= 11 is 0. The Morgan fingerprint density at radius 2 is 2.20 bits per heavy atom. The van der Waals surface area contributed by atoms with Gasteiger partial charge in [-0.1, -0.05) is 11.6 Å². The first-order valence-corrected chi connectivity index (χ1v) is 4.70. The summed E-state index contributed by atoms with van der Waals surface area (Å²) in [5.74, 6) is 0.727. The molecule has 0 spiro atoms. The second-order valence-corrected chi connectivity index (χ2v) is 3.39. The predicted octanol–water partition coefficient (Wildman–Crippen LogP) is 2.11. The van der Waals surface area contributed by atoms with Gasteiger partial charge in [-0.25, -0.2) is 4.98 Å². The molecule has 15 heavy (non-hydrogen) atoms. The van der Waals surface area contributed by atoms with Crippen LogP contribution in [0.5, 0.6) is 0 Å². The molecule has 0 aliphatic rings. The van der Waals surface area contributed by atoms with Crippen molar-refractivity contribution in [3.63, 3.8) is 0 Å². The van der Waals surface area contributed by atoms with Crippen LogP contribution in [-0.4, -0.2) is 18.4 Å². The van der Waals surface area contributed by atoms with Gasteiger partial charge in [-0.2, -0.15) is 0 Å². The van der Waals surface area contributed by atoms with Crippen LogP contribution in [0.2, 0.25) is 0 Å². The normalized spacial score (nSPS) is 9.27. The fourth-order valence-corrected chi connectivity index (χ4v) is 1.22. The van der Waals surface area contributed by atoms with Crippen LogP contribution in [0, 0.1) is 0 Å². The van der Waals surface area contributed by atoms with Crippen molar-refractivity contribution in [2.75, 3.05) is 17.7 Å². The summed E-state index contributed by atoms with van der Waals surface area (Å²) in [5.41, 5.74) is 2.81. The smallest absolute Gasteiger partial charge is 0.211 e. The molecule has 1 aromatic heterocycles. The Hall–Kier alpha value is -1.84. The molecule has 0 radical (unpaired) electrons. The molecular weight excluding hydrogens is 190 g/mol. The highest BCUT2D eigenvalue weighted by Gasteiger charge is 2.01. The van der Waals surface area contributed by atoms with Crippen LogP contribution in [0.4, 0.5) is 11.5 Å². The second-order valence-electron chi connectivity index (χ2n) is 3.39. The maximum Gasteiger partial charge on any atom is 0.211 e. The van der Waals surface area contributed by atoms with Crippen LogP contribution in [-0.2, 0) is 4.79 Å². The maximum absolute atomic E-state index is 10.4. The fourth-order valence-electron chi connectivity index (χ4n) is 1.22. The molecule has 80 valence electrons. The van der Waals surface area contributed by atoms with Crippen LogP contribution in [0.3, 0.4) is 0 Å². The topological polar surface area (TPSA) is 54.0 Å². The number of aromatic nitrogens is 1. The lowest BCUT2D eigenvalue weighted by Crippen LogP contribution is -2.00. The number of anilines is 2. The van der Waals surface area contributed by atoms with Gasteiger partial charge in [0.05, 0.1) is 5.69 Å². The van der Waals surface area contributed by atoms with Gasteiger partial charge < -0.3 is 10.6 Å². The van der Waals surface area contributed by atoms with Gasteiger partial charge in [-0.3, -0.25) is 4.79 Å². The summed E-state index contributed by atoms with van der Waals surface area (Å²) in [6, 6.07) is 1.79. The Kier molecular flexibility index (Phi) is 3.85. The predicted molar refractivity (Wildman–Crippen MR) is 62.8 cm³/mol. The molecule has 0 fully saturated rings. The number of allylic oxidation sites excluding steroid dienone is 1. The average Bonchev–Trinajstić information content (AvgIpc) is 2.20. The van der Waals surface area contributed by atoms with Gasteiger partial charge in [-0.15, -0.1) is 0 Å². The van der Waals surface area contributed by atoms with E-state index in [4.69, 9.17) is 0 Å². The van der Waals surface area contributed by atoms with Crippen molar-refractivity contribution < 1.29 is 4.79 Å². The number of carbonyl (C=O) groups is 1. The van der Waals surface area contributed by atoms with Crippen molar-refractivity contribution in [2.24, 2.45) is 0 Å². The molecule has 4 nitrogen and oxygen atoms in total. The highest BCUT2D eigenvalue weighted by Crippen LogP contribution is 2.20. The van der Waals surface area contributed by atoms with Gasteiger partial charge in [0.15, 0.2) is 0 Å². The molecule has 1 heterocycles. The summed E-state index contributed by atoms with van der Waals surface area (Å²) < 4.78 is 0. The van der Waals surface area contributed by atoms with Gasteiger partial charge >= 0.3 is 0 Å². The minimum absolute atomic E-state index is 0.664. The zero-order chi connectivity index (χ0) is 11.3. The SMILES string of the molecule is CNc1cc(NC=O)c(C=C(C)C)cn1. The van der Waals surface area contributed by atoms with Gasteiger partial charge in [0, 0.05) is 24.9 Å². The van der Waals surface area contributed by atoms with Crippen LogP contribution < -0.4 is 10.6 Å². The average molecular weight is 205 g/mol. The lowest BCUT2D eigenvalue weighted by molar-refractivity contribution is -0.105. The molecule has 2 N–H and O–H groups in total. The summed E-state index contributed by atoms with van der Waals surface area (Å²) in [5, 5.41) is 5.57. The Morgan fingerprint density at radius 3 is 2.73 bits per heavy atom. The minimum atomic E-state index is 0.664.